The minimum Gasteiger partial charge on any atom is -0.271 e. The molecule has 1 aromatic carbocycles. The van der Waals surface area contributed by atoms with Crippen molar-refractivity contribution in [2.45, 2.75) is 18.9 Å². The van der Waals surface area contributed by atoms with E-state index in [9.17, 15) is 0 Å². The maximum atomic E-state index is 6.01. The number of benzene rings is 1. The van der Waals surface area contributed by atoms with Gasteiger partial charge in [-0.2, -0.15) is 0 Å². The zero-order chi connectivity index (χ0) is 13.7. The summed E-state index contributed by atoms with van der Waals surface area (Å²) in [6, 6.07) is 9.71. The third-order valence-corrected chi connectivity index (χ3v) is 3.65. The molecule has 2 aromatic rings. The summed E-state index contributed by atoms with van der Waals surface area (Å²) in [4.78, 5) is 4.10. The van der Waals surface area contributed by atoms with E-state index >= 15 is 0 Å². The van der Waals surface area contributed by atoms with Crippen LogP contribution in [-0.4, -0.2) is 11.0 Å². The lowest BCUT2D eigenvalue weighted by Gasteiger charge is -2.16. The van der Waals surface area contributed by atoms with Gasteiger partial charge in [0.15, 0.2) is 0 Å². The van der Waals surface area contributed by atoms with Crippen molar-refractivity contribution in [1.82, 2.24) is 10.4 Å². The zero-order valence-corrected chi connectivity index (χ0v) is 11.8. The maximum absolute atomic E-state index is 6.01. The predicted octanol–water partition coefficient (Wildman–Crippen LogP) is 3.01. The van der Waals surface area contributed by atoms with E-state index in [1.807, 2.05) is 30.5 Å². The smallest absolute Gasteiger partial charge is 0.0595 e. The van der Waals surface area contributed by atoms with Crippen LogP contribution in [0.4, 0.5) is 0 Å². The fourth-order valence-corrected chi connectivity index (χ4v) is 2.27. The van der Waals surface area contributed by atoms with Gasteiger partial charge in [-0.1, -0.05) is 35.3 Å². The van der Waals surface area contributed by atoms with Gasteiger partial charge in [-0.3, -0.25) is 16.3 Å². The van der Waals surface area contributed by atoms with Crippen molar-refractivity contribution in [3.63, 3.8) is 0 Å². The van der Waals surface area contributed by atoms with Gasteiger partial charge in [0.25, 0.3) is 0 Å². The monoisotopic (exact) mass is 295 g/mol. The number of nitrogens with zero attached hydrogens (tertiary/aromatic N) is 1. The average molecular weight is 296 g/mol. The zero-order valence-electron chi connectivity index (χ0n) is 10.3. The minimum absolute atomic E-state index is 0.126. The number of aromatic nitrogens is 1. The van der Waals surface area contributed by atoms with Crippen LogP contribution in [0.2, 0.25) is 10.0 Å². The van der Waals surface area contributed by atoms with E-state index in [2.05, 4.69) is 10.4 Å². The van der Waals surface area contributed by atoms with E-state index in [1.165, 1.54) is 0 Å². The Balaban J connectivity index is 2.04. The summed E-state index contributed by atoms with van der Waals surface area (Å²) in [7, 11) is 0. The van der Waals surface area contributed by atoms with Crippen LogP contribution in [-0.2, 0) is 12.8 Å². The number of nitrogens with two attached hydrogens (primary N) is 1. The summed E-state index contributed by atoms with van der Waals surface area (Å²) in [6.07, 6.45) is 5.19. The number of halogens is 2. The topological polar surface area (TPSA) is 50.9 Å². The van der Waals surface area contributed by atoms with Gasteiger partial charge in [0.05, 0.1) is 10.0 Å². The van der Waals surface area contributed by atoms with E-state index in [-0.39, 0.29) is 6.04 Å². The number of rotatable bonds is 5. The first-order valence-electron chi connectivity index (χ1n) is 5.98. The molecule has 0 radical (unpaired) electrons. The van der Waals surface area contributed by atoms with Crippen molar-refractivity contribution in [2.24, 2.45) is 5.84 Å². The molecule has 19 heavy (non-hydrogen) atoms. The quantitative estimate of drug-likeness (QED) is 0.658. The van der Waals surface area contributed by atoms with Gasteiger partial charge in [-0.15, -0.1) is 0 Å². The molecule has 0 spiro atoms. The van der Waals surface area contributed by atoms with Crippen LogP contribution in [0.5, 0.6) is 0 Å². The van der Waals surface area contributed by atoms with Gasteiger partial charge in [0.1, 0.15) is 0 Å². The van der Waals surface area contributed by atoms with Crippen LogP contribution in [0, 0.1) is 0 Å². The molecule has 0 aliphatic heterocycles. The molecular formula is C14H15Cl2N3. The first kappa shape index (κ1) is 14.3. The number of nitrogens with one attached hydrogen (secondary N) is 1. The van der Waals surface area contributed by atoms with Crippen molar-refractivity contribution < 1.29 is 0 Å². The molecule has 0 saturated carbocycles. The van der Waals surface area contributed by atoms with Crippen molar-refractivity contribution in [3.8, 4) is 0 Å². The molecular weight excluding hydrogens is 281 g/mol. The van der Waals surface area contributed by atoms with Crippen LogP contribution in [0.1, 0.15) is 11.1 Å². The Bertz CT molecular complexity index is 531. The average Bonchev–Trinajstić information content (AvgIpc) is 2.43. The van der Waals surface area contributed by atoms with Gasteiger partial charge >= 0.3 is 0 Å². The molecule has 3 nitrogen and oxygen atoms in total. The Hall–Kier alpha value is -1.13. The summed E-state index contributed by atoms with van der Waals surface area (Å²) in [5.74, 6) is 5.61. The van der Waals surface area contributed by atoms with Crippen molar-refractivity contribution >= 4 is 23.2 Å². The first-order valence-corrected chi connectivity index (χ1v) is 6.73. The second-order valence-electron chi connectivity index (χ2n) is 4.38. The number of pyridine rings is 1. The lowest BCUT2D eigenvalue weighted by Crippen LogP contribution is -2.38. The summed E-state index contributed by atoms with van der Waals surface area (Å²) >= 11 is 11.9. The molecule has 0 saturated heterocycles. The van der Waals surface area contributed by atoms with Gasteiger partial charge in [-0.25, -0.2) is 0 Å². The van der Waals surface area contributed by atoms with Crippen molar-refractivity contribution in [2.75, 3.05) is 0 Å². The van der Waals surface area contributed by atoms with Crippen molar-refractivity contribution in [3.05, 3.63) is 63.9 Å². The Kier molecular flexibility index (Phi) is 5.16. The molecule has 0 amide bonds. The molecule has 1 aromatic heterocycles. The number of hydrogen-bond donors (Lipinski definition) is 2. The molecule has 5 heteroatoms. The lowest BCUT2D eigenvalue weighted by molar-refractivity contribution is 0.522. The molecule has 0 aliphatic rings. The number of hydrogen-bond acceptors (Lipinski definition) is 3. The SMILES string of the molecule is NNC(Cc1cccnc1)Cc1ccc(Cl)c(Cl)c1. The Morgan fingerprint density at radius 3 is 2.53 bits per heavy atom. The Morgan fingerprint density at radius 1 is 1.11 bits per heavy atom. The lowest BCUT2D eigenvalue weighted by atomic mass is 10.0. The molecule has 1 heterocycles. The van der Waals surface area contributed by atoms with E-state index in [4.69, 9.17) is 29.0 Å². The largest absolute Gasteiger partial charge is 0.271 e. The highest BCUT2D eigenvalue weighted by molar-refractivity contribution is 6.42. The Morgan fingerprint density at radius 2 is 1.89 bits per heavy atom. The minimum atomic E-state index is 0.126. The molecule has 0 aliphatic carbocycles. The molecule has 1 unspecified atom stereocenters. The highest BCUT2D eigenvalue weighted by atomic mass is 35.5. The highest BCUT2D eigenvalue weighted by Gasteiger charge is 2.10. The standard InChI is InChI=1S/C14H15Cl2N3/c15-13-4-3-10(8-14(13)16)6-12(19-17)7-11-2-1-5-18-9-11/h1-5,8-9,12,19H,6-7,17H2. The van der Waals surface area contributed by atoms with E-state index in [0.717, 1.165) is 24.0 Å². The van der Waals surface area contributed by atoms with Gasteiger partial charge in [0.2, 0.25) is 0 Å². The molecule has 3 N–H and O–H groups in total. The molecule has 1 atom stereocenters. The fraction of sp³-hybridized carbons (Fsp3) is 0.214. The summed E-state index contributed by atoms with van der Waals surface area (Å²) < 4.78 is 0. The Labute approximate surface area is 122 Å². The van der Waals surface area contributed by atoms with Gasteiger partial charge < -0.3 is 0 Å². The summed E-state index contributed by atoms with van der Waals surface area (Å²) in [5, 5.41) is 1.13. The van der Waals surface area contributed by atoms with Crippen LogP contribution in [0.25, 0.3) is 0 Å². The molecule has 0 bridgehead atoms. The highest BCUT2D eigenvalue weighted by Crippen LogP contribution is 2.23. The summed E-state index contributed by atoms with van der Waals surface area (Å²) in [6.45, 7) is 0. The van der Waals surface area contributed by atoms with Gasteiger partial charge in [-0.05, 0) is 42.2 Å². The van der Waals surface area contributed by atoms with Crippen LogP contribution in [0.3, 0.4) is 0 Å². The molecule has 2 rings (SSSR count). The first-order chi connectivity index (χ1) is 9.19. The van der Waals surface area contributed by atoms with E-state index < -0.39 is 0 Å². The summed E-state index contributed by atoms with van der Waals surface area (Å²) in [5.41, 5.74) is 5.07. The third-order valence-electron chi connectivity index (χ3n) is 2.91. The predicted molar refractivity (Wildman–Crippen MR) is 79.2 cm³/mol. The van der Waals surface area contributed by atoms with Crippen LogP contribution in [0.15, 0.2) is 42.7 Å². The molecule has 0 fully saturated rings. The molecule has 100 valence electrons. The second-order valence-corrected chi connectivity index (χ2v) is 5.20. The maximum Gasteiger partial charge on any atom is 0.0595 e. The second kappa shape index (κ2) is 6.87. The van der Waals surface area contributed by atoms with Crippen molar-refractivity contribution in [1.29, 1.82) is 0 Å². The van der Waals surface area contributed by atoms with E-state index in [1.54, 1.807) is 12.3 Å². The fourth-order valence-electron chi connectivity index (χ4n) is 1.94. The van der Waals surface area contributed by atoms with Crippen LogP contribution < -0.4 is 11.3 Å². The third kappa shape index (κ3) is 4.18. The number of hydrazine groups is 1. The van der Waals surface area contributed by atoms with Gasteiger partial charge in [0, 0.05) is 18.4 Å². The van der Waals surface area contributed by atoms with E-state index in [0.29, 0.717) is 10.0 Å². The van der Waals surface area contributed by atoms with Crippen LogP contribution >= 0.6 is 23.2 Å². The normalized spacial score (nSPS) is 12.4.